The number of hydrogen-bond acceptors (Lipinski definition) is 4. The van der Waals surface area contributed by atoms with E-state index < -0.39 is 5.91 Å². The topological polar surface area (TPSA) is 78.6 Å². The molecule has 0 spiro atoms. The summed E-state index contributed by atoms with van der Waals surface area (Å²) in [5.41, 5.74) is 8.35. The number of carbonyl (C=O) groups is 2. The highest BCUT2D eigenvalue weighted by atomic mass is 16.5. The fraction of sp³-hybridized carbons (Fsp3) is 0.158. The highest BCUT2D eigenvalue weighted by Crippen LogP contribution is 2.37. The lowest BCUT2D eigenvalue weighted by Crippen LogP contribution is -2.20. The van der Waals surface area contributed by atoms with Crippen LogP contribution in [0.2, 0.25) is 0 Å². The number of fused-ring (bicyclic) bond motifs is 1. The van der Waals surface area contributed by atoms with Gasteiger partial charge in [0, 0.05) is 6.07 Å². The van der Waals surface area contributed by atoms with Gasteiger partial charge in [-0.15, -0.1) is 0 Å². The van der Waals surface area contributed by atoms with Crippen molar-refractivity contribution in [2.75, 3.05) is 6.61 Å². The molecule has 1 heterocycles. The van der Waals surface area contributed by atoms with E-state index in [0.29, 0.717) is 17.1 Å². The van der Waals surface area contributed by atoms with Crippen molar-refractivity contribution in [2.45, 2.75) is 13.8 Å². The number of ether oxygens (including phenoxy) is 2. The van der Waals surface area contributed by atoms with E-state index >= 15 is 0 Å². The molecule has 0 saturated carbocycles. The van der Waals surface area contributed by atoms with Gasteiger partial charge in [0.1, 0.15) is 11.5 Å². The molecule has 0 unspecified atom stereocenters. The minimum absolute atomic E-state index is 0.162. The van der Waals surface area contributed by atoms with Gasteiger partial charge in [0.15, 0.2) is 12.4 Å². The Balaban J connectivity index is 1.90. The monoisotopic (exact) mass is 323 g/mol. The number of amides is 1. The van der Waals surface area contributed by atoms with E-state index in [9.17, 15) is 9.59 Å². The largest absolute Gasteiger partial charge is 0.484 e. The minimum atomic E-state index is -0.565. The fourth-order valence-corrected chi connectivity index (χ4v) is 2.53. The van der Waals surface area contributed by atoms with Gasteiger partial charge in [0.2, 0.25) is 5.78 Å². The Morgan fingerprint density at radius 3 is 2.58 bits per heavy atom. The van der Waals surface area contributed by atoms with Crippen LogP contribution in [0, 0.1) is 13.8 Å². The molecule has 2 aromatic rings. The smallest absolute Gasteiger partial charge is 0.255 e. The van der Waals surface area contributed by atoms with Crippen molar-refractivity contribution in [3.05, 3.63) is 64.4 Å². The third kappa shape index (κ3) is 3.15. The van der Waals surface area contributed by atoms with Crippen molar-refractivity contribution in [3.63, 3.8) is 0 Å². The van der Waals surface area contributed by atoms with Crippen molar-refractivity contribution >= 4 is 17.8 Å². The zero-order valence-corrected chi connectivity index (χ0v) is 13.5. The van der Waals surface area contributed by atoms with Crippen LogP contribution in [0.3, 0.4) is 0 Å². The van der Waals surface area contributed by atoms with Crippen LogP contribution in [0.4, 0.5) is 0 Å². The number of Topliss-reactive ketones (excluding diaryl/α,β-unsaturated/α-hetero) is 1. The fourth-order valence-electron chi connectivity index (χ4n) is 2.53. The van der Waals surface area contributed by atoms with Crippen LogP contribution in [0.5, 0.6) is 11.5 Å². The van der Waals surface area contributed by atoms with E-state index in [0.717, 1.165) is 16.7 Å². The lowest BCUT2D eigenvalue weighted by molar-refractivity contribution is -0.119. The standard InChI is InChI=1S/C19H17NO4/c1-11-3-5-13(6-4-11)8-16-19(22)18-12(2)7-14(9-15(18)24-16)23-10-17(20)21/h3-9H,10H2,1-2H3,(H2,20,21)/b16-8-. The number of allylic oxidation sites excluding steroid dienone is 1. The molecule has 0 atom stereocenters. The molecule has 5 nitrogen and oxygen atoms in total. The normalized spacial score (nSPS) is 14.4. The Bertz CT molecular complexity index is 850. The maximum atomic E-state index is 12.6. The summed E-state index contributed by atoms with van der Waals surface area (Å²) in [6.07, 6.45) is 1.71. The number of ketones is 1. The number of carbonyl (C=O) groups excluding carboxylic acids is 2. The van der Waals surface area contributed by atoms with Crippen molar-refractivity contribution in [1.29, 1.82) is 0 Å². The first-order valence-corrected chi connectivity index (χ1v) is 7.50. The highest BCUT2D eigenvalue weighted by Gasteiger charge is 2.30. The summed E-state index contributed by atoms with van der Waals surface area (Å²) in [7, 11) is 0. The summed E-state index contributed by atoms with van der Waals surface area (Å²) in [5, 5.41) is 0. The molecule has 0 saturated heterocycles. The zero-order valence-electron chi connectivity index (χ0n) is 13.5. The number of hydrogen-bond donors (Lipinski definition) is 1. The molecule has 1 amide bonds. The third-order valence-corrected chi connectivity index (χ3v) is 3.70. The van der Waals surface area contributed by atoms with E-state index in [1.54, 1.807) is 25.1 Å². The minimum Gasteiger partial charge on any atom is -0.484 e. The van der Waals surface area contributed by atoms with Gasteiger partial charge in [-0.2, -0.15) is 0 Å². The zero-order chi connectivity index (χ0) is 17.3. The molecule has 0 aromatic heterocycles. The maximum Gasteiger partial charge on any atom is 0.255 e. The first kappa shape index (κ1) is 15.8. The van der Waals surface area contributed by atoms with Crippen LogP contribution in [0.1, 0.15) is 27.0 Å². The summed E-state index contributed by atoms with van der Waals surface area (Å²) < 4.78 is 11.0. The highest BCUT2D eigenvalue weighted by molar-refractivity contribution is 6.15. The van der Waals surface area contributed by atoms with E-state index in [1.807, 2.05) is 31.2 Å². The molecular formula is C19H17NO4. The van der Waals surface area contributed by atoms with Gasteiger partial charge in [-0.25, -0.2) is 0 Å². The summed E-state index contributed by atoms with van der Waals surface area (Å²) in [6, 6.07) is 11.1. The first-order valence-electron chi connectivity index (χ1n) is 7.50. The molecule has 0 fully saturated rings. The van der Waals surface area contributed by atoms with Crippen LogP contribution < -0.4 is 15.2 Å². The molecule has 2 N–H and O–H groups in total. The Morgan fingerprint density at radius 1 is 1.21 bits per heavy atom. The van der Waals surface area contributed by atoms with Gasteiger partial charge in [0.05, 0.1) is 5.56 Å². The molecular weight excluding hydrogens is 306 g/mol. The predicted octanol–water partition coefficient (Wildman–Crippen LogP) is 2.78. The number of nitrogens with two attached hydrogens (primary N) is 1. The molecule has 1 aliphatic rings. The third-order valence-electron chi connectivity index (χ3n) is 3.70. The molecule has 2 aromatic carbocycles. The Labute approximate surface area is 139 Å². The van der Waals surface area contributed by atoms with Crippen molar-refractivity contribution in [2.24, 2.45) is 5.73 Å². The summed E-state index contributed by atoms with van der Waals surface area (Å²) >= 11 is 0. The van der Waals surface area contributed by atoms with Gasteiger partial charge in [-0.1, -0.05) is 29.8 Å². The second-order valence-corrected chi connectivity index (χ2v) is 5.72. The maximum absolute atomic E-state index is 12.6. The van der Waals surface area contributed by atoms with Gasteiger partial charge >= 0.3 is 0 Å². The lowest BCUT2D eigenvalue weighted by atomic mass is 10.0. The molecule has 0 radical (unpaired) electrons. The van der Waals surface area contributed by atoms with E-state index in [-0.39, 0.29) is 18.1 Å². The van der Waals surface area contributed by atoms with E-state index in [1.165, 1.54) is 0 Å². The van der Waals surface area contributed by atoms with Gasteiger partial charge < -0.3 is 15.2 Å². The van der Waals surface area contributed by atoms with Crippen LogP contribution >= 0.6 is 0 Å². The number of primary amides is 1. The Morgan fingerprint density at radius 2 is 1.92 bits per heavy atom. The molecule has 5 heteroatoms. The lowest BCUT2D eigenvalue weighted by Gasteiger charge is -2.07. The van der Waals surface area contributed by atoms with E-state index in [4.69, 9.17) is 15.2 Å². The SMILES string of the molecule is Cc1ccc(/C=C2\Oc3cc(OCC(N)=O)cc(C)c3C2=O)cc1. The molecule has 24 heavy (non-hydrogen) atoms. The Kier molecular flexibility index (Phi) is 4.08. The van der Waals surface area contributed by atoms with Crippen molar-refractivity contribution in [1.82, 2.24) is 0 Å². The number of rotatable bonds is 4. The quantitative estimate of drug-likeness (QED) is 0.878. The van der Waals surface area contributed by atoms with Gasteiger partial charge in [-0.3, -0.25) is 9.59 Å². The molecule has 0 bridgehead atoms. The number of aryl methyl sites for hydroxylation is 2. The molecule has 0 aliphatic carbocycles. The summed E-state index contributed by atoms with van der Waals surface area (Å²) in [4.78, 5) is 23.4. The molecule has 122 valence electrons. The van der Waals surface area contributed by atoms with Crippen LogP contribution in [0.25, 0.3) is 6.08 Å². The van der Waals surface area contributed by atoms with E-state index in [2.05, 4.69) is 0 Å². The Hall–Kier alpha value is -3.08. The predicted molar refractivity (Wildman–Crippen MR) is 90.0 cm³/mol. The van der Waals surface area contributed by atoms with Gasteiger partial charge in [0.25, 0.3) is 5.91 Å². The average Bonchev–Trinajstić information content (AvgIpc) is 2.84. The molecule has 1 aliphatic heterocycles. The number of benzene rings is 2. The van der Waals surface area contributed by atoms with Crippen molar-refractivity contribution < 1.29 is 19.1 Å². The van der Waals surface area contributed by atoms with Gasteiger partial charge in [-0.05, 0) is 37.1 Å². The van der Waals surface area contributed by atoms with Crippen molar-refractivity contribution in [3.8, 4) is 11.5 Å². The summed E-state index contributed by atoms with van der Waals surface area (Å²) in [5.74, 6) is 0.408. The van der Waals surface area contributed by atoms with Crippen LogP contribution in [0.15, 0.2) is 42.2 Å². The summed E-state index contributed by atoms with van der Waals surface area (Å²) in [6.45, 7) is 3.57. The van der Waals surface area contributed by atoms with Crippen LogP contribution in [-0.4, -0.2) is 18.3 Å². The second-order valence-electron chi connectivity index (χ2n) is 5.72. The second kappa shape index (κ2) is 6.20. The average molecular weight is 323 g/mol. The first-order chi connectivity index (χ1) is 11.4. The van der Waals surface area contributed by atoms with Crippen LogP contribution in [-0.2, 0) is 4.79 Å². The molecule has 3 rings (SSSR count).